The predicted molar refractivity (Wildman–Crippen MR) is 89.8 cm³/mol. The molecule has 1 aliphatic heterocycles. The molecule has 0 spiro atoms. The van der Waals surface area contributed by atoms with Crippen LogP contribution in [0, 0.1) is 0 Å². The van der Waals surface area contributed by atoms with Crippen LogP contribution >= 0.6 is 23.2 Å². The highest BCUT2D eigenvalue weighted by atomic mass is 35.5. The van der Waals surface area contributed by atoms with Gasteiger partial charge in [0.2, 0.25) is 0 Å². The van der Waals surface area contributed by atoms with Crippen molar-refractivity contribution in [3.8, 4) is 0 Å². The highest BCUT2D eigenvalue weighted by Gasteiger charge is 2.25. The number of halogens is 2. The third kappa shape index (κ3) is 5.20. The third-order valence-corrected chi connectivity index (χ3v) is 4.82. The Morgan fingerprint density at radius 3 is 2.38 bits per heavy atom. The summed E-state index contributed by atoms with van der Waals surface area (Å²) < 4.78 is 0. The number of carbonyl (C=O) groups excluding carboxylic acids is 1. The Balaban J connectivity index is 2.56. The smallest absolute Gasteiger partial charge is 0.317 e. The van der Waals surface area contributed by atoms with Crippen molar-refractivity contribution in [1.82, 2.24) is 15.1 Å². The Morgan fingerprint density at radius 2 is 1.90 bits per heavy atom. The zero-order valence-electron chi connectivity index (χ0n) is 13.2. The number of piperidine rings is 1. The number of nitrogens with one attached hydrogen (secondary N) is 1. The Morgan fingerprint density at radius 1 is 1.38 bits per heavy atom. The molecule has 0 bridgehead atoms. The topological polar surface area (TPSA) is 35.6 Å². The lowest BCUT2D eigenvalue weighted by Gasteiger charge is -2.35. The van der Waals surface area contributed by atoms with Gasteiger partial charge in [0.15, 0.2) is 0 Å². The number of urea groups is 1. The Kier molecular flexibility index (Phi) is 7.04. The van der Waals surface area contributed by atoms with Gasteiger partial charge in [-0.05, 0) is 52.4 Å². The summed E-state index contributed by atoms with van der Waals surface area (Å²) >= 11 is 11.9. The van der Waals surface area contributed by atoms with E-state index in [1.54, 1.807) is 11.8 Å². The number of allylic oxidation sites excluding steroid dienone is 1. The SMILES string of the molecule is C=C(C(Cl)=C(C)Cl)C(C)NC(=O)N(C)C1CCN(C)CC1. The molecule has 1 saturated heterocycles. The van der Waals surface area contributed by atoms with Crippen molar-refractivity contribution >= 4 is 29.2 Å². The van der Waals surface area contributed by atoms with Crippen LogP contribution in [-0.4, -0.2) is 55.1 Å². The Labute approximate surface area is 137 Å². The van der Waals surface area contributed by atoms with E-state index in [4.69, 9.17) is 23.2 Å². The van der Waals surface area contributed by atoms with Crippen molar-refractivity contribution in [2.45, 2.75) is 38.8 Å². The molecule has 0 aliphatic carbocycles. The van der Waals surface area contributed by atoms with E-state index in [0.29, 0.717) is 15.6 Å². The highest BCUT2D eigenvalue weighted by Crippen LogP contribution is 2.23. The minimum absolute atomic E-state index is 0.102. The molecule has 0 aromatic rings. The number of nitrogens with zero attached hydrogens (tertiary/aromatic N) is 2. The monoisotopic (exact) mass is 333 g/mol. The fourth-order valence-electron chi connectivity index (χ4n) is 2.33. The van der Waals surface area contributed by atoms with Crippen molar-refractivity contribution in [2.24, 2.45) is 0 Å². The van der Waals surface area contributed by atoms with E-state index < -0.39 is 0 Å². The standard InChI is InChI=1S/C15H25Cl2N3O/c1-10(14(17)11(2)16)12(3)18-15(21)20(5)13-6-8-19(4)9-7-13/h12-13H,1,6-9H2,2-5H3,(H,18,21). The average Bonchev–Trinajstić information content (AvgIpc) is 2.45. The third-order valence-electron chi connectivity index (χ3n) is 4.00. The van der Waals surface area contributed by atoms with Gasteiger partial charge in [-0.25, -0.2) is 4.79 Å². The van der Waals surface area contributed by atoms with E-state index >= 15 is 0 Å². The molecule has 0 aromatic heterocycles. The molecule has 1 fully saturated rings. The lowest BCUT2D eigenvalue weighted by molar-refractivity contribution is 0.147. The van der Waals surface area contributed by atoms with E-state index in [2.05, 4.69) is 23.8 Å². The second kappa shape index (κ2) is 8.06. The summed E-state index contributed by atoms with van der Waals surface area (Å²) in [6.45, 7) is 9.49. The minimum atomic E-state index is -0.257. The number of hydrogen-bond acceptors (Lipinski definition) is 2. The van der Waals surface area contributed by atoms with Gasteiger partial charge in [-0.1, -0.05) is 29.8 Å². The fourth-order valence-corrected chi connectivity index (χ4v) is 2.62. The Hall–Kier alpha value is -0.710. The quantitative estimate of drug-likeness (QED) is 0.800. The van der Waals surface area contributed by atoms with Crippen LogP contribution in [0.4, 0.5) is 4.79 Å². The lowest BCUT2D eigenvalue weighted by atomic mass is 10.0. The number of carbonyl (C=O) groups is 1. The summed E-state index contributed by atoms with van der Waals surface area (Å²) in [4.78, 5) is 16.4. The number of likely N-dealkylation sites (tertiary alicyclic amines) is 1. The van der Waals surface area contributed by atoms with Gasteiger partial charge in [0, 0.05) is 18.1 Å². The molecular weight excluding hydrogens is 309 g/mol. The molecule has 0 saturated carbocycles. The van der Waals surface area contributed by atoms with Crippen molar-refractivity contribution in [1.29, 1.82) is 0 Å². The molecule has 120 valence electrons. The number of rotatable bonds is 4. The van der Waals surface area contributed by atoms with Crippen LogP contribution in [0.3, 0.4) is 0 Å². The Bertz CT molecular complexity index is 425. The summed E-state index contributed by atoms with van der Waals surface area (Å²) in [6, 6.07) is -0.0789. The second-order valence-electron chi connectivity index (χ2n) is 5.69. The molecule has 4 nitrogen and oxygen atoms in total. The van der Waals surface area contributed by atoms with E-state index in [1.807, 2.05) is 14.0 Å². The largest absolute Gasteiger partial charge is 0.331 e. The van der Waals surface area contributed by atoms with Crippen molar-refractivity contribution in [3.05, 3.63) is 22.2 Å². The maximum atomic E-state index is 12.3. The number of hydrogen-bond donors (Lipinski definition) is 1. The highest BCUT2D eigenvalue weighted by molar-refractivity contribution is 6.40. The van der Waals surface area contributed by atoms with Gasteiger partial charge in [-0.15, -0.1) is 0 Å². The summed E-state index contributed by atoms with van der Waals surface area (Å²) in [5.41, 5.74) is 0.620. The molecule has 1 unspecified atom stereocenters. The molecule has 6 heteroatoms. The first-order valence-corrected chi connectivity index (χ1v) is 7.92. The van der Waals surface area contributed by atoms with Crippen LogP contribution in [0.2, 0.25) is 0 Å². The van der Waals surface area contributed by atoms with E-state index in [0.717, 1.165) is 25.9 Å². The van der Waals surface area contributed by atoms with Crippen molar-refractivity contribution in [3.63, 3.8) is 0 Å². The van der Waals surface area contributed by atoms with Gasteiger partial charge in [0.25, 0.3) is 0 Å². The molecule has 1 rings (SSSR count). The molecule has 21 heavy (non-hydrogen) atoms. The normalized spacial score (nSPS) is 19.7. The van der Waals surface area contributed by atoms with E-state index in [1.165, 1.54) is 0 Å². The van der Waals surface area contributed by atoms with Gasteiger partial charge in [0.05, 0.1) is 11.1 Å². The minimum Gasteiger partial charge on any atom is -0.331 e. The average molecular weight is 334 g/mol. The van der Waals surface area contributed by atoms with Crippen LogP contribution < -0.4 is 5.32 Å². The molecule has 0 aromatic carbocycles. The zero-order chi connectivity index (χ0) is 16.2. The molecule has 0 radical (unpaired) electrons. The van der Waals surface area contributed by atoms with E-state index in [9.17, 15) is 4.79 Å². The van der Waals surface area contributed by atoms with Gasteiger partial charge >= 0.3 is 6.03 Å². The first-order valence-electron chi connectivity index (χ1n) is 7.17. The van der Waals surface area contributed by atoms with Crippen molar-refractivity contribution < 1.29 is 4.79 Å². The van der Waals surface area contributed by atoms with Crippen LogP contribution in [-0.2, 0) is 0 Å². The maximum Gasteiger partial charge on any atom is 0.317 e. The summed E-state index contributed by atoms with van der Waals surface area (Å²) in [5, 5.41) is 3.81. The van der Waals surface area contributed by atoms with Gasteiger partial charge in [-0.2, -0.15) is 0 Å². The number of amides is 2. The second-order valence-corrected chi connectivity index (χ2v) is 6.63. The predicted octanol–water partition coefficient (Wildman–Crippen LogP) is 3.38. The van der Waals surface area contributed by atoms with Crippen LogP contribution in [0.1, 0.15) is 26.7 Å². The first-order chi connectivity index (χ1) is 9.73. The van der Waals surface area contributed by atoms with Crippen LogP contribution in [0.25, 0.3) is 0 Å². The van der Waals surface area contributed by atoms with Crippen molar-refractivity contribution in [2.75, 3.05) is 27.2 Å². The fraction of sp³-hybridized carbons (Fsp3) is 0.667. The van der Waals surface area contributed by atoms with Gasteiger partial charge < -0.3 is 15.1 Å². The summed E-state index contributed by atoms with van der Waals surface area (Å²) in [7, 11) is 3.94. The maximum absolute atomic E-state index is 12.3. The molecule has 1 atom stereocenters. The molecular formula is C15H25Cl2N3O. The molecule has 1 heterocycles. The van der Waals surface area contributed by atoms with Gasteiger partial charge in [-0.3, -0.25) is 0 Å². The van der Waals surface area contributed by atoms with Crippen LogP contribution in [0.15, 0.2) is 22.2 Å². The molecule has 1 N–H and O–H groups in total. The lowest BCUT2D eigenvalue weighted by Crippen LogP contribution is -2.50. The zero-order valence-corrected chi connectivity index (χ0v) is 14.8. The first kappa shape index (κ1) is 18.3. The van der Waals surface area contributed by atoms with Crippen LogP contribution in [0.5, 0.6) is 0 Å². The summed E-state index contributed by atoms with van der Waals surface area (Å²) in [5.74, 6) is 0. The molecule has 2 amide bonds. The van der Waals surface area contributed by atoms with E-state index in [-0.39, 0.29) is 18.1 Å². The summed E-state index contributed by atoms with van der Waals surface area (Å²) in [6.07, 6.45) is 1.99. The molecule has 1 aliphatic rings. The van der Waals surface area contributed by atoms with Gasteiger partial charge in [0.1, 0.15) is 0 Å².